The fourth-order valence-electron chi connectivity index (χ4n) is 4.41. The molecule has 2 atom stereocenters. The van der Waals surface area contributed by atoms with Gasteiger partial charge >= 0.3 is 0 Å². The van der Waals surface area contributed by atoms with Gasteiger partial charge in [-0.3, -0.25) is 19.6 Å². The van der Waals surface area contributed by atoms with Crippen LogP contribution in [0.3, 0.4) is 0 Å². The lowest BCUT2D eigenvalue weighted by Gasteiger charge is -2.53. The third-order valence-electron chi connectivity index (χ3n) is 5.08. The van der Waals surface area contributed by atoms with Crippen LogP contribution in [0.15, 0.2) is 24.5 Å². The van der Waals surface area contributed by atoms with Gasteiger partial charge in [-0.25, -0.2) is 0 Å². The van der Waals surface area contributed by atoms with Gasteiger partial charge in [-0.2, -0.15) is 0 Å². The second-order valence-corrected chi connectivity index (χ2v) is 6.63. The second kappa shape index (κ2) is 3.64. The van der Waals surface area contributed by atoms with Crippen LogP contribution >= 0.6 is 0 Å². The lowest BCUT2D eigenvalue weighted by molar-refractivity contribution is -0.146. The summed E-state index contributed by atoms with van der Waals surface area (Å²) in [4.78, 5) is 22.2. The number of nitrogens with zero attached hydrogens (tertiary/aromatic N) is 3. The Morgan fingerprint density at radius 2 is 1.63 bits per heavy atom. The van der Waals surface area contributed by atoms with Crippen molar-refractivity contribution in [3.63, 3.8) is 0 Å². The van der Waals surface area contributed by atoms with E-state index in [2.05, 4.69) is 21.7 Å². The first-order valence-corrected chi connectivity index (χ1v) is 7.03. The summed E-state index contributed by atoms with van der Waals surface area (Å²) >= 11 is 0. The van der Waals surface area contributed by atoms with E-state index in [0.29, 0.717) is 5.78 Å². The average molecular weight is 257 g/mol. The van der Waals surface area contributed by atoms with E-state index in [1.54, 1.807) is 0 Å². The van der Waals surface area contributed by atoms with E-state index in [9.17, 15) is 4.79 Å². The Balaban J connectivity index is 1.89. The molecular formula is C15H19N3O. The smallest absolute Gasteiger partial charge is 0.154 e. The minimum Gasteiger partial charge on any atom is -0.300 e. The van der Waals surface area contributed by atoms with Crippen molar-refractivity contribution in [1.82, 2.24) is 14.8 Å². The standard InChI is InChI=1S/C15H19N3O/c1-14-8-17-6-7-18(9-14)11-15(10-17,13(14)19)12-2-4-16-5-3-12/h2-5H,6-11H2,1H3. The lowest BCUT2D eigenvalue weighted by Crippen LogP contribution is -2.68. The molecule has 2 unspecified atom stereocenters. The Hall–Kier alpha value is -1.26. The largest absolute Gasteiger partial charge is 0.300 e. The summed E-state index contributed by atoms with van der Waals surface area (Å²) in [7, 11) is 0. The molecule has 4 fully saturated rings. The summed E-state index contributed by atoms with van der Waals surface area (Å²) in [5, 5.41) is 0. The summed E-state index contributed by atoms with van der Waals surface area (Å²) in [6.45, 7) is 7.94. The van der Waals surface area contributed by atoms with Gasteiger partial charge in [0.25, 0.3) is 0 Å². The van der Waals surface area contributed by atoms with Crippen LogP contribution in [-0.2, 0) is 10.2 Å². The first kappa shape index (κ1) is 11.6. The third-order valence-corrected chi connectivity index (χ3v) is 5.08. The van der Waals surface area contributed by atoms with Gasteiger partial charge < -0.3 is 0 Å². The fourth-order valence-corrected chi connectivity index (χ4v) is 4.41. The number of carbonyl (C=O) groups is 1. The van der Waals surface area contributed by atoms with Gasteiger partial charge in [0.15, 0.2) is 5.78 Å². The molecule has 100 valence electrons. The zero-order valence-corrected chi connectivity index (χ0v) is 11.3. The lowest BCUT2D eigenvalue weighted by atomic mass is 9.61. The molecular weight excluding hydrogens is 238 g/mol. The zero-order valence-electron chi connectivity index (χ0n) is 11.3. The molecule has 0 N–H and O–H groups in total. The molecule has 4 bridgehead atoms. The molecule has 0 aromatic carbocycles. The van der Waals surface area contributed by atoms with Gasteiger partial charge in [-0.05, 0) is 17.7 Å². The van der Waals surface area contributed by atoms with Crippen LogP contribution in [0.5, 0.6) is 0 Å². The van der Waals surface area contributed by atoms with Crippen molar-refractivity contribution in [2.75, 3.05) is 39.3 Å². The SMILES string of the molecule is CC12CN3CCN(C1)CC(c1ccncc1)(C3)C2=O. The van der Waals surface area contributed by atoms with Gasteiger partial charge in [0.1, 0.15) is 0 Å². The molecule has 1 aromatic rings. The molecule has 4 saturated heterocycles. The maximum Gasteiger partial charge on any atom is 0.154 e. The number of fused-ring (bicyclic) bond motifs is 1. The molecule has 0 aliphatic carbocycles. The van der Waals surface area contributed by atoms with Crippen molar-refractivity contribution in [2.45, 2.75) is 12.3 Å². The van der Waals surface area contributed by atoms with Gasteiger partial charge in [0, 0.05) is 51.7 Å². The molecule has 0 radical (unpaired) electrons. The van der Waals surface area contributed by atoms with Crippen molar-refractivity contribution < 1.29 is 4.79 Å². The Kier molecular flexibility index (Phi) is 2.22. The van der Waals surface area contributed by atoms with Gasteiger partial charge in [-0.15, -0.1) is 0 Å². The summed E-state index contributed by atoms with van der Waals surface area (Å²) in [5.41, 5.74) is 0.621. The molecule has 19 heavy (non-hydrogen) atoms. The van der Waals surface area contributed by atoms with E-state index >= 15 is 0 Å². The van der Waals surface area contributed by atoms with Crippen LogP contribution in [0, 0.1) is 5.41 Å². The monoisotopic (exact) mass is 257 g/mol. The highest BCUT2D eigenvalue weighted by atomic mass is 16.1. The maximum absolute atomic E-state index is 13.1. The van der Waals surface area contributed by atoms with Crippen molar-refractivity contribution >= 4 is 5.78 Å². The summed E-state index contributed by atoms with van der Waals surface area (Å²) in [6.07, 6.45) is 3.62. The highest BCUT2D eigenvalue weighted by molar-refractivity contribution is 5.97. The van der Waals surface area contributed by atoms with Crippen LogP contribution < -0.4 is 0 Å². The molecule has 4 nitrogen and oxygen atoms in total. The van der Waals surface area contributed by atoms with E-state index in [-0.39, 0.29) is 10.8 Å². The Labute approximate surface area is 113 Å². The second-order valence-electron chi connectivity index (χ2n) is 6.63. The molecule has 5 rings (SSSR count). The highest BCUT2D eigenvalue weighted by Crippen LogP contribution is 2.45. The minimum atomic E-state index is -0.329. The minimum absolute atomic E-state index is 0.198. The summed E-state index contributed by atoms with van der Waals surface area (Å²) in [5.74, 6) is 0.445. The number of pyridine rings is 1. The normalized spacial score (nSPS) is 44.4. The topological polar surface area (TPSA) is 36.4 Å². The average Bonchev–Trinajstić information content (AvgIpc) is 2.64. The summed E-state index contributed by atoms with van der Waals surface area (Å²) < 4.78 is 0. The number of aromatic nitrogens is 1. The number of ketones is 1. The summed E-state index contributed by atoms with van der Waals surface area (Å²) in [6, 6.07) is 4.05. The van der Waals surface area contributed by atoms with E-state index in [4.69, 9.17) is 0 Å². The van der Waals surface area contributed by atoms with Crippen LogP contribution in [0.1, 0.15) is 12.5 Å². The van der Waals surface area contributed by atoms with Gasteiger partial charge in [-0.1, -0.05) is 6.92 Å². The van der Waals surface area contributed by atoms with Crippen LogP contribution in [0.25, 0.3) is 0 Å². The Bertz CT molecular complexity index is 511. The number of rotatable bonds is 1. The molecule has 0 amide bonds. The van der Waals surface area contributed by atoms with E-state index in [0.717, 1.165) is 44.8 Å². The maximum atomic E-state index is 13.1. The molecule has 1 aromatic heterocycles. The molecule has 4 aliphatic heterocycles. The van der Waals surface area contributed by atoms with Crippen molar-refractivity contribution in [2.24, 2.45) is 5.41 Å². The van der Waals surface area contributed by atoms with Crippen LogP contribution in [-0.4, -0.2) is 59.8 Å². The van der Waals surface area contributed by atoms with E-state index in [1.807, 2.05) is 24.5 Å². The number of hydrogen-bond donors (Lipinski definition) is 0. The third kappa shape index (κ3) is 1.47. The Morgan fingerprint density at radius 1 is 1.05 bits per heavy atom. The number of Topliss-reactive ketones (excluding diaryl/α,β-unsaturated/α-hetero) is 1. The van der Waals surface area contributed by atoms with Gasteiger partial charge in [0.2, 0.25) is 0 Å². The predicted octanol–water partition coefficient (Wildman–Crippen LogP) is 0.540. The molecule has 0 saturated carbocycles. The highest BCUT2D eigenvalue weighted by Gasteiger charge is 2.59. The number of carbonyl (C=O) groups excluding carboxylic acids is 1. The van der Waals surface area contributed by atoms with Crippen molar-refractivity contribution in [3.05, 3.63) is 30.1 Å². The molecule has 4 aliphatic rings. The molecule has 5 heterocycles. The molecule has 0 spiro atoms. The van der Waals surface area contributed by atoms with E-state index < -0.39 is 0 Å². The Morgan fingerprint density at radius 3 is 2.21 bits per heavy atom. The quantitative estimate of drug-likeness (QED) is 0.736. The first-order valence-electron chi connectivity index (χ1n) is 7.03. The zero-order chi connectivity index (χ0) is 13.1. The predicted molar refractivity (Wildman–Crippen MR) is 71.9 cm³/mol. The van der Waals surface area contributed by atoms with E-state index in [1.165, 1.54) is 0 Å². The molecule has 4 heteroatoms. The van der Waals surface area contributed by atoms with Crippen LogP contribution in [0.2, 0.25) is 0 Å². The van der Waals surface area contributed by atoms with Gasteiger partial charge in [0.05, 0.1) is 10.8 Å². The number of piperidine rings is 2. The first-order chi connectivity index (χ1) is 9.12. The van der Waals surface area contributed by atoms with Crippen LogP contribution in [0.4, 0.5) is 0 Å². The van der Waals surface area contributed by atoms with Crippen molar-refractivity contribution in [3.8, 4) is 0 Å². The van der Waals surface area contributed by atoms with Crippen molar-refractivity contribution in [1.29, 1.82) is 0 Å². The fraction of sp³-hybridized carbons (Fsp3) is 0.600. The number of hydrogen-bond acceptors (Lipinski definition) is 4.